The van der Waals surface area contributed by atoms with Gasteiger partial charge in [0.1, 0.15) is 29.9 Å². The van der Waals surface area contributed by atoms with Gasteiger partial charge >= 0.3 is 0 Å². The number of nitro benzene ring substituents is 1. The number of nitrogens with zero attached hydrogens (tertiary/aromatic N) is 6. The van der Waals surface area contributed by atoms with Crippen molar-refractivity contribution in [2.45, 2.75) is 18.6 Å². The summed E-state index contributed by atoms with van der Waals surface area (Å²) in [5, 5.41) is 27.1. The topological polar surface area (TPSA) is 101 Å². The van der Waals surface area contributed by atoms with Crippen LogP contribution in [-0.4, -0.2) is 73.9 Å². The minimum Gasteiger partial charge on any atom is -0.382 e. The normalized spacial score (nSPS) is 16.8. The van der Waals surface area contributed by atoms with Gasteiger partial charge in [-0.15, -0.1) is 0 Å². The van der Waals surface area contributed by atoms with Gasteiger partial charge in [0.2, 0.25) is 0 Å². The van der Waals surface area contributed by atoms with E-state index in [-0.39, 0.29) is 24.3 Å². The Labute approximate surface area is 205 Å². The summed E-state index contributed by atoms with van der Waals surface area (Å²) >= 11 is 6.21. The number of aromatic nitrogens is 3. The molecule has 9 nitrogen and oxygen atoms in total. The van der Waals surface area contributed by atoms with Crippen molar-refractivity contribution in [1.82, 2.24) is 24.6 Å². The lowest BCUT2D eigenvalue weighted by Gasteiger charge is -2.39. The molecule has 0 radical (unpaired) electrons. The Morgan fingerprint density at radius 2 is 1.83 bits per heavy atom. The molecule has 1 atom stereocenters. The fraction of sp³-hybridized carbons (Fsp3) is 0.391. The van der Waals surface area contributed by atoms with Gasteiger partial charge in [0.05, 0.1) is 11.5 Å². The monoisotopic (exact) mass is 506 g/mol. The van der Waals surface area contributed by atoms with E-state index in [1.807, 2.05) is 4.90 Å². The number of β-amino-alcohol motifs (C(OH)–C–C–N with tert-alkyl or cyclic N) is 1. The molecular formula is C23H25ClF2N6O3. The van der Waals surface area contributed by atoms with Crippen LogP contribution in [0.2, 0.25) is 5.02 Å². The van der Waals surface area contributed by atoms with Crippen LogP contribution >= 0.6 is 11.6 Å². The van der Waals surface area contributed by atoms with E-state index in [0.717, 1.165) is 17.7 Å². The quantitative estimate of drug-likeness (QED) is 0.352. The minimum atomic E-state index is -1.65. The van der Waals surface area contributed by atoms with Crippen LogP contribution < -0.4 is 0 Å². The third-order valence-corrected chi connectivity index (χ3v) is 6.58. The van der Waals surface area contributed by atoms with Crippen LogP contribution in [0.15, 0.2) is 49.1 Å². The molecule has 0 amide bonds. The van der Waals surface area contributed by atoms with Crippen LogP contribution in [0.4, 0.5) is 14.5 Å². The summed E-state index contributed by atoms with van der Waals surface area (Å²) in [7, 11) is 0. The van der Waals surface area contributed by atoms with E-state index in [9.17, 15) is 24.0 Å². The van der Waals surface area contributed by atoms with Crippen LogP contribution in [0.1, 0.15) is 11.1 Å². The molecule has 1 fully saturated rings. The number of non-ortho nitro benzene ring substituents is 1. The van der Waals surface area contributed by atoms with Crippen molar-refractivity contribution in [2.24, 2.45) is 0 Å². The third kappa shape index (κ3) is 6.17. The molecule has 0 saturated carbocycles. The Bertz CT molecular complexity index is 1170. The van der Waals surface area contributed by atoms with Crippen molar-refractivity contribution >= 4 is 17.3 Å². The van der Waals surface area contributed by atoms with Gasteiger partial charge in [-0.2, -0.15) is 5.10 Å². The van der Waals surface area contributed by atoms with Crippen LogP contribution in [-0.2, 0) is 18.6 Å². The van der Waals surface area contributed by atoms with Crippen LogP contribution in [0.5, 0.6) is 0 Å². The highest BCUT2D eigenvalue weighted by molar-refractivity contribution is 6.31. The van der Waals surface area contributed by atoms with E-state index < -0.39 is 22.2 Å². The standard InChI is InChI=1S/C23H25ClF2N6O3/c24-21-4-2-19(32(34)35)11-17(21)5-6-29-7-9-30(10-8-29)13-23(33,14-31-16-27-15-28-31)20-3-1-18(25)12-22(20)26/h1-4,11-12,15-16,33H,5-10,13-14H2. The molecule has 0 bridgehead atoms. The van der Waals surface area contributed by atoms with Gasteiger partial charge in [-0.1, -0.05) is 17.7 Å². The Kier molecular flexibility index (Phi) is 7.70. The Morgan fingerprint density at radius 3 is 2.49 bits per heavy atom. The summed E-state index contributed by atoms with van der Waals surface area (Å²) in [6.45, 7) is 3.37. The smallest absolute Gasteiger partial charge is 0.269 e. The first-order valence-electron chi connectivity index (χ1n) is 11.1. The van der Waals surface area contributed by atoms with Crippen LogP contribution in [0.3, 0.4) is 0 Å². The molecule has 1 N–H and O–H groups in total. The predicted octanol–water partition coefficient (Wildman–Crippen LogP) is 2.87. The Morgan fingerprint density at radius 1 is 1.09 bits per heavy atom. The van der Waals surface area contributed by atoms with E-state index in [2.05, 4.69) is 15.0 Å². The van der Waals surface area contributed by atoms with Crippen molar-refractivity contribution in [2.75, 3.05) is 39.3 Å². The number of nitro groups is 1. The second kappa shape index (κ2) is 10.7. The zero-order chi connectivity index (χ0) is 25.0. The number of aliphatic hydroxyl groups is 1. The number of hydrogen-bond acceptors (Lipinski definition) is 7. The molecule has 1 aliphatic rings. The second-order valence-electron chi connectivity index (χ2n) is 8.65. The van der Waals surface area contributed by atoms with E-state index in [1.165, 1.54) is 41.6 Å². The lowest BCUT2D eigenvalue weighted by molar-refractivity contribution is -0.384. The number of piperazine rings is 1. The number of benzene rings is 2. The fourth-order valence-corrected chi connectivity index (χ4v) is 4.57. The third-order valence-electron chi connectivity index (χ3n) is 6.21. The highest BCUT2D eigenvalue weighted by Gasteiger charge is 2.36. The minimum absolute atomic E-state index is 0.00265. The molecule has 186 valence electrons. The molecule has 4 rings (SSSR count). The molecule has 1 saturated heterocycles. The molecule has 2 heterocycles. The van der Waals surface area contributed by atoms with Crippen LogP contribution in [0, 0.1) is 21.7 Å². The molecule has 0 spiro atoms. The van der Waals surface area contributed by atoms with Crippen molar-refractivity contribution in [3.05, 3.63) is 87.0 Å². The van der Waals surface area contributed by atoms with Crippen molar-refractivity contribution in [1.29, 1.82) is 0 Å². The Hall–Kier alpha value is -2.99. The van der Waals surface area contributed by atoms with Crippen molar-refractivity contribution < 1.29 is 18.8 Å². The van der Waals surface area contributed by atoms with Gasteiger partial charge in [-0.3, -0.25) is 15.0 Å². The first-order valence-corrected chi connectivity index (χ1v) is 11.5. The second-order valence-corrected chi connectivity index (χ2v) is 9.06. The molecule has 2 aromatic carbocycles. The van der Waals surface area contributed by atoms with Crippen LogP contribution in [0.25, 0.3) is 0 Å². The summed E-state index contributed by atoms with van der Waals surface area (Å²) in [5.74, 6) is -1.54. The molecular weight excluding hydrogens is 482 g/mol. The molecule has 0 aliphatic carbocycles. The van der Waals surface area contributed by atoms with E-state index in [0.29, 0.717) is 44.2 Å². The van der Waals surface area contributed by atoms with E-state index in [1.54, 1.807) is 0 Å². The summed E-state index contributed by atoms with van der Waals surface area (Å²) in [4.78, 5) is 18.7. The van der Waals surface area contributed by atoms with Gasteiger partial charge in [-0.25, -0.2) is 18.4 Å². The van der Waals surface area contributed by atoms with Crippen molar-refractivity contribution in [3.8, 4) is 0 Å². The largest absolute Gasteiger partial charge is 0.382 e. The van der Waals surface area contributed by atoms with Gasteiger partial charge in [0.25, 0.3) is 5.69 Å². The fourth-order valence-electron chi connectivity index (χ4n) is 4.36. The summed E-state index contributed by atoms with van der Waals surface area (Å²) in [5.41, 5.74) is -0.923. The molecule has 12 heteroatoms. The zero-order valence-electron chi connectivity index (χ0n) is 18.9. The average molecular weight is 507 g/mol. The number of halogens is 3. The molecule has 1 aromatic heterocycles. The maximum atomic E-state index is 14.6. The summed E-state index contributed by atoms with van der Waals surface area (Å²) < 4.78 is 29.5. The molecule has 1 unspecified atom stereocenters. The first kappa shape index (κ1) is 25.1. The maximum absolute atomic E-state index is 14.6. The highest BCUT2D eigenvalue weighted by atomic mass is 35.5. The predicted molar refractivity (Wildman–Crippen MR) is 125 cm³/mol. The Balaban J connectivity index is 1.39. The molecule has 1 aliphatic heterocycles. The first-order chi connectivity index (χ1) is 16.7. The highest BCUT2D eigenvalue weighted by Crippen LogP contribution is 2.28. The maximum Gasteiger partial charge on any atom is 0.269 e. The molecule has 3 aromatic rings. The van der Waals surface area contributed by atoms with Gasteiger partial charge < -0.3 is 10.0 Å². The van der Waals surface area contributed by atoms with Gasteiger partial charge in [0, 0.05) is 68.1 Å². The number of hydrogen-bond donors (Lipinski definition) is 1. The average Bonchev–Trinajstić information content (AvgIpc) is 3.31. The summed E-state index contributed by atoms with van der Waals surface area (Å²) in [6, 6.07) is 7.58. The van der Waals surface area contributed by atoms with E-state index >= 15 is 0 Å². The SMILES string of the molecule is O=[N+]([O-])c1ccc(Cl)c(CCN2CCN(CC(O)(Cn3cncn3)c3ccc(F)cc3F)CC2)c1. The van der Waals surface area contributed by atoms with E-state index in [4.69, 9.17) is 11.6 Å². The van der Waals surface area contributed by atoms with Gasteiger partial charge in [-0.05, 0) is 24.1 Å². The lowest BCUT2D eigenvalue weighted by atomic mass is 9.92. The zero-order valence-corrected chi connectivity index (χ0v) is 19.6. The lowest BCUT2D eigenvalue weighted by Crippen LogP contribution is -2.52. The summed E-state index contributed by atoms with van der Waals surface area (Å²) in [6.07, 6.45) is 3.33. The number of rotatable bonds is 9. The van der Waals surface area contributed by atoms with Gasteiger partial charge in [0.15, 0.2) is 0 Å². The van der Waals surface area contributed by atoms with Crippen molar-refractivity contribution in [3.63, 3.8) is 0 Å². The molecule has 35 heavy (non-hydrogen) atoms.